The van der Waals surface area contributed by atoms with E-state index < -0.39 is 0 Å². The van der Waals surface area contributed by atoms with Crippen molar-refractivity contribution >= 4 is 5.91 Å². The van der Waals surface area contributed by atoms with Crippen molar-refractivity contribution in [3.05, 3.63) is 0 Å². The fraction of sp³-hybridized carbons (Fsp3) is 0.944. The molecule has 0 aromatic rings. The highest BCUT2D eigenvalue weighted by Crippen LogP contribution is 2.35. The Labute approximate surface area is 136 Å². The second-order valence-corrected chi connectivity index (χ2v) is 7.71. The Morgan fingerprint density at radius 1 is 1.18 bits per heavy atom. The van der Waals surface area contributed by atoms with Gasteiger partial charge in [0.25, 0.3) is 0 Å². The molecule has 1 aliphatic carbocycles. The van der Waals surface area contributed by atoms with Crippen LogP contribution in [0.4, 0.5) is 0 Å². The van der Waals surface area contributed by atoms with E-state index in [1.807, 2.05) is 4.90 Å². The molecule has 0 aromatic heterocycles. The zero-order chi connectivity index (χ0) is 16.1. The number of carbonyl (C=O) groups is 1. The highest BCUT2D eigenvalue weighted by atomic mass is 16.5. The molecule has 1 saturated carbocycles. The van der Waals surface area contributed by atoms with Gasteiger partial charge >= 0.3 is 0 Å². The van der Waals surface area contributed by atoms with Crippen molar-refractivity contribution in [2.24, 2.45) is 17.8 Å². The summed E-state index contributed by atoms with van der Waals surface area (Å²) in [6.07, 6.45) is 4.99. The SMILES string of the molecule is CC(C)[C@H]1CC[C@H](C)C[C@@H]1OCC(=O)N1CCCN(C)CC1. The standard InChI is InChI=1S/C18H34N2O2/c1-14(2)16-7-6-15(3)12-17(16)22-13-18(21)20-9-5-8-19(4)10-11-20/h14-17H,5-13H2,1-4H3/t15-,16+,17-/m0/s1. The fourth-order valence-electron chi connectivity index (χ4n) is 3.87. The molecular formula is C18H34N2O2. The van der Waals surface area contributed by atoms with Crippen molar-refractivity contribution in [1.29, 1.82) is 0 Å². The molecule has 0 bridgehead atoms. The third-order valence-electron chi connectivity index (χ3n) is 5.45. The van der Waals surface area contributed by atoms with Gasteiger partial charge in [0, 0.05) is 19.6 Å². The van der Waals surface area contributed by atoms with Gasteiger partial charge in [0.15, 0.2) is 0 Å². The van der Waals surface area contributed by atoms with E-state index in [1.165, 1.54) is 12.8 Å². The summed E-state index contributed by atoms with van der Waals surface area (Å²) < 4.78 is 6.11. The molecule has 0 N–H and O–H groups in total. The maximum atomic E-state index is 12.4. The van der Waals surface area contributed by atoms with Gasteiger partial charge in [0.05, 0.1) is 6.10 Å². The van der Waals surface area contributed by atoms with Crippen LogP contribution in [-0.4, -0.2) is 61.6 Å². The Kier molecular flexibility index (Phi) is 6.69. The highest BCUT2D eigenvalue weighted by molar-refractivity contribution is 5.77. The van der Waals surface area contributed by atoms with E-state index in [9.17, 15) is 4.79 Å². The zero-order valence-corrected chi connectivity index (χ0v) is 14.9. The zero-order valence-electron chi connectivity index (χ0n) is 14.9. The van der Waals surface area contributed by atoms with Gasteiger partial charge in [-0.2, -0.15) is 0 Å². The molecule has 4 nitrogen and oxygen atoms in total. The molecule has 0 aromatic carbocycles. The summed E-state index contributed by atoms with van der Waals surface area (Å²) in [6, 6.07) is 0. The van der Waals surface area contributed by atoms with E-state index in [0.29, 0.717) is 11.8 Å². The summed E-state index contributed by atoms with van der Waals surface area (Å²) in [5.74, 6) is 2.15. The van der Waals surface area contributed by atoms with Crippen LogP contribution in [0.15, 0.2) is 0 Å². The van der Waals surface area contributed by atoms with Crippen molar-refractivity contribution in [1.82, 2.24) is 9.80 Å². The number of hydrogen-bond acceptors (Lipinski definition) is 3. The maximum Gasteiger partial charge on any atom is 0.248 e. The highest BCUT2D eigenvalue weighted by Gasteiger charge is 2.32. The van der Waals surface area contributed by atoms with Crippen molar-refractivity contribution < 1.29 is 9.53 Å². The molecule has 3 atom stereocenters. The largest absolute Gasteiger partial charge is 0.368 e. The third kappa shape index (κ3) is 4.95. The average molecular weight is 310 g/mol. The van der Waals surface area contributed by atoms with Crippen molar-refractivity contribution in [2.75, 3.05) is 39.8 Å². The molecule has 1 aliphatic heterocycles. The summed E-state index contributed by atoms with van der Waals surface area (Å²) in [6.45, 7) is 10.9. The van der Waals surface area contributed by atoms with E-state index >= 15 is 0 Å². The summed E-state index contributed by atoms with van der Waals surface area (Å²) >= 11 is 0. The van der Waals surface area contributed by atoms with Gasteiger partial charge in [0.1, 0.15) is 6.61 Å². The third-order valence-corrected chi connectivity index (χ3v) is 5.45. The Bertz CT molecular complexity index is 359. The number of carbonyl (C=O) groups excluding carboxylic acids is 1. The van der Waals surface area contributed by atoms with Gasteiger partial charge in [-0.05, 0) is 50.6 Å². The molecule has 0 radical (unpaired) electrons. The average Bonchev–Trinajstić information content (AvgIpc) is 2.69. The Morgan fingerprint density at radius 3 is 2.68 bits per heavy atom. The van der Waals surface area contributed by atoms with Crippen molar-refractivity contribution in [3.63, 3.8) is 0 Å². The maximum absolute atomic E-state index is 12.4. The molecule has 128 valence electrons. The van der Waals surface area contributed by atoms with Crippen molar-refractivity contribution in [2.45, 2.75) is 52.6 Å². The minimum atomic E-state index is 0.177. The topological polar surface area (TPSA) is 32.8 Å². The van der Waals surface area contributed by atoms with Crippen LogP contribution >= 0.6 is 0 Å². The molecule has 2 aliphatic rings. The number of ether oxygens (including phenoxy) is 1. The first-order chi connectivity index (χ1) is 10.5. The first-order valence-corrected chi connectivity index (χ1v) is 9.05. The quantitative estimate of drug-likeness (QED) is 0.800. The monoisotopic (exact) mass is 310 g/mol. The van der Waals surface area contributed by atoms with E-state index in [1.54, 1.807) is 0 Å². The Balaban J connectivity index is 1.83. The minimum Gasteiger partial charge on any atom is -0.368 e. The number of likely N-dealkylation sites (N-methyl/N-ethyl adjacent to an activating group) is 1. The van der Waals surface area contributed by atoms with Crippen LogP contribution in [0.5, 0.6) is 0 Å². The molecule has 1 amide bonds. The first kappa shape index (κ1) is 17.7. The van der Waals surface area contributed by atoms with Gasteiger partial charge in [-0.3, -0.25) is 4.79 Å². The minimum absolute atomic E-state index is 0.177. The predicted molar refractivity (Wildman–Crippen MR) is 89.8 cm³/mol. The lowest BCUT2D eigenvalue weighted by Crippen LogP contribution is -2.40. The summed E-state index contributed by atoms with van der Waals surface area (Å²) in [7, 11) is 2.13. The van der Waals surface area contributed by atoms with Crippen molar-refractivity contribution in [3.8, 4) is 0 Å². The second-order valence-electron chi connectivity index (χ2n) is 7.71. The lowest BCUT2D eigenvalue weighted by molar-refractivity contribution is -0.141. The predicted octanol–water partition coefficient (Wildman–Crippen LogP) is 2.63. The van der Waals surface area contributed by atoms with Gasteiger partial charge in [-0.1, -0.05) is 27.2 Å². The van der Waals surface area contributed by atoms with E-state index in [0.717, 1.165) is 44.9 Å². The molecule has 2 fully saturated rings. The molecule has 0 spiro atoms. The number of nitrogens with zero attached hydrogens (tertiary/aromatic N) is 2. The summed E-state index contributed by atoms with van der Waals surface area (Å²) in [5.41, 5.74) is 0. The number of amides is 1. The van der Waals surface area contributed by atoms with E-state index in [4.69, 9.17) is 4.74 Å². The number of hydrogen-bond donors (Lipinski definition) is 0. The van der Waals surface area contributed by atoms with Crippen LogP contribution in [0.2, 0.25) is 0 Å². The van der Waals surface area contributed by atoms with E-state index in [2.05, 4.69) is 32.7 Å². The first-order valence-electron chi connectivity index (χ1n) is 9.05. The molecule has 1 heterocycles. The van der Waals surface area contributed by atoms with Crippen LogP contribution in [0.25, 0.3) is 0 Å². The van der Waals surface area contributed by atoms with Crippen LogP contribution in [0.3, 0.4) is 0 Å². The van der Waals surface area contributed by atoms with E-state index in [-0.39, 0.29) is 18.6 Å². The smallest absolute Gasteiger partial charge is 0.248 e. The van der Waals surface area contributed by atoms with Crippen LogP contribution in [-0.2, 0) is 9.53 Å². The van der Waals surface area contributed by atoms with Gasteiger partial charge in [0.2, 0.25) is 5.91 Å². The lowest BCUT2D eigenvalue weighted by Gasteiger charge is -2.37. The van der Waals surface area contributed by atoms with Gasteiger partial charge in [-0.15, -0.1) is 0 Å². The molecule has 0 unspecified atom stereocenters. The normalized spacial score (nSPS) is 31.3. The second kappa shape index (κ2) is 8.30. The molecule has 22 heavy (non-hydrogen) atoms. The Morgan fingerprint density at radius 2 is 1.95 bits per heavy atom. The van der Waals surface area contributed by atoms with Crippen LogP contribution < -0.4 is 0 Å². The number of rotatable bonds is 4. The van der Waals surface area contributed by atoms with Crippen LogP contribution in [0, 0.1) is 17.8 Å². The van der Waals surface area contributed by atoms with Crippen LogP contribution in [0.1, 0.15) is 46.5 Å². The molecular weight excluding hydrogens is 276 g/mol. The lowest BCUT2D eigenvalue weighted by atomic mass is 9.75. The fourth-order valence-corrected chi connectivity index (χ4v) is 3.87. The van der Waals surface area contributed by atoms with Gasteiger partial charge < -0.3 is 14.5 Å². The summed E-state index contributed by atoms with van der Waals surface area (Å²) in [4.78, 5) is 16.7. The molecule has 4 heteroatoms. The Hall–Kier alpha value is -0.610. The van der Waals surface area contributed by atoms with Gasteiger partial charge in [-0.25, -0.2) is 0 Å². The molecule has 2 rings (SSSR count). The molecule has 1 saturated heterocycles. The summed E-state index contributed by atoms with van der Waals surface area (Å²) in [5, 5.41) is 0.